The molecule has 4 heavy (non-hydrogen) atoms. The standard InChI is InChI=1S/BH3O2.Pb.2H/c2-1-3;;;/h1-3H;;;. The summed E-state index contributed by atoms with van der Waals surface area (Å²) in [6.45, 7) is 0. The van der Waals surface area contributed by atoms with Crippen molar-refractivity contribution >= 4 is 35.0 Å². The van der Waals surface area contributed by atoms with Crippen molar-refractivity contribution in [1.29, 1.82) is 0 Å². The molecule has 0 saturated carbocycles. The molecule has 0 rings (SSSR count). The fourth-order valence-electron chi connectivity index (χ4n) is 0. The van der Waals surface area contributed by atoms with Crippen molar-refractivity contribution in [3.05, 3.63) is 0 Å². The van der Waals surface area contributed by atoms with Crippen molar-refractivity contribution in [2.24, 2.45) is 0 Å². The monoisotopic (exact) mass is 256 g/mol. The van der Waals surface area contributed by atoms with Crippen molar-refractivity contribution in [1.82, 2.24) is 0 Å². The fourth-order valence-corrected chi connectivity index (χ4v) is 0. The van der Waals surface area contributed by atoms with E-state index in [1.807, 2.05) is 0 Å². The van der Waals surface area contributed by atoms with Crippen LogP contribution in [0.1, 0.15) is 0 Å². The van der Waals surface area contributed by atoms with Gasteiger partial charge in [-0.1, -0.05) is 0 Å². The zero-order valence-corrected chi connectivity index (χ0v) is 7.81. The van der Waals surface area contributed by atoms with Crippen molar-refractivity contribution in [3.8, 4) is 0 Å². The summed E-state index contributed by atoms with van der Waals surface area (Å²) in [5, 5.41) is 14.2. The Morgan fingerprint density at radius 1 is 1.25 bits per heavy atom. The molecule has 2 radical (unpaired) electrons. The van der Waals surface area contributed by atoms with E-state index in [0.717, 1.165) is 0 Å². The zero-order chi connectivity index (χ0) is 2.71. The third-order valence-electron chi connectivity index (χ3n) is 0. The van der Waals surface area contributed by atoms with Gasteiger partial charge < -0.3 is 10.0 Å². The summed E-state index contributed by atoms with van der Waals surface area (Å²) in [4.78, 5) is 0. The molecule has 0 atom stereocenters. The topological polar surface area (TPSA) is 40.5 Å². The van der Waals surface area contributed by atoms with Gasteiger partial charge in [-0.2, -0.15) is 0 Å². The summed E-state index contributed by atoms with van der Waals surface area (Å²) in [5.74, 6) is 0. The van der Waals surface area contributed by atoms with Gasteiger partial charge in [0, 0.05) is 0 Å². The molecule has 4 heteroatoms. The predicted octanol–water partition coefficient (Wildman–Crippen LogP) is -2.68. The van der Waals surface area contributed by atoms with E-state index in [9.17, 15) is 0 Å². The third-order valence-corrected chi connectivity index (χ3v) is 0. The summed E-state index contributed by atoms with van der Waals surface area (Å²) in [5.41, 5.74) is 0. The van der Waals surface area contributed by atoms with Crippen LogP contribution in [0.15, 0.2) is 0 Å². The summed E-state index contributed by atoms with van der Waals surface area (Å²) in [6, 6.07) is 0. The molecule has 0 aromatic heterocycles. The van der Waals surface area contributed by atoms with Gasteiger partial charge >= 0.3 is 35.0 Å². The van der Waals surface area contributed by atoms with Crippen LogP contribution in [-0.2, 0) is 0 Å². The Balaban J connectivity index is 0. The molecule has 0 heterocycles. The first-order chi connectivity index (χ1) is 1.41. The molecule has 2 nitrogen and oxygen atoms in total. The molecule has 0 aromatic carbocycles. The van der Waals surface area contributed by atoms with Crippen molar-refractivity contribution < 1.29 is 10.0 Å². The molecule has 0 fully saturated rings. The van der Waals surface area contributed by atoms with E-state index in [1.165, 1.54) is 0 Å². The molecule has 0 amide bonds. The molecule has 0 aliphatic carbocycles. The molecule has 0 unspecified atom stereocenters. The van der Waals surface area contributed by atoms with Crippen LogP contribution >= 0.6 is 0 Å². The van der Waals surface area contributed by atoms with Crippen LogP contribution in [0.4, 0.5) is 0 Å². The van der Waals surface area contributed by atoms with Crippen LogP contribution in [-0.4, -0.2) is 45.0 Å². The zero-order valence-electron chi connectivity index (χ0n) is 2.31. The first kappa shape index (κ1) is 8.86. The Bertz CT molecular complexity index is 6.00. The van der Waals surface area contributed by atoms with Crippen LogP contribution < -0.4 is 0 Å². The molecule has 0 saturated heterocycles. The number of rotatable bonds is 0. The number of hydrogen-bond donors (Lipinski definition) is 2. The van der Waals surface area contributed by atoms with E-state index in [1.54, 1.807) is 0 Å². The van der Waals surface area contributed by atoms with Crippen LogP contribution in [0, 0.1) is 0 Å². The van der Waals surface area contributed by atoms with Crippen molar-refractivity contribution in [2.45, 2.75) is 0 Å². The van der Waals surface area contributed by atoms with Gasteiger partial charge in [-0.25, -0.2) is 0 Å². The normalized spacial score (nSPS) is 3.50. The Labute approximate surface area is 45.3 Å². The van der Waals surface area contributed by atoms with Gasteiger partial charge in [0.2, 0.25) is 0 Å². The van der Waals surface area contributed by atoms with Gasteiger partial charge in [-0.05, 0) is 0 Å². The second-order valence-electron chi connectivity index (χ2n) is 0.141. The van der Waals surface area contributed by atoms with Crippen LogP contribution in [0.25, 0.3) is 0 Å². The first-order valence-corrected chi connectivity index (χ1v) is 0.632. The van der Waals surface area contributed by atoms with E-state index in [0.29, 0.717) is 0 Å². The predicted molar refractivity (Wildman–Crippen MR) is 20.1 cm³/mol. The average molecular weight is 255 g/mol. The maximum absolute atomic E-state index is 7.12. The van der Waals surface area contributed by atoms with E-state index >= 15 is 0 Å². The first-order valence-electron chi connectivity index (χ1n) is 0.632. The third kappa shape index (κ3) is 12.9. The molecule has 0 bridgehead atoms. The molecule has 24 valence electrons. The second kappa shape index (κ2) is 9.08. The maximum atomic E-state index is 7.12. The summed E-state index contributed by atoms with van der Waals surface area (Å²) in [7, 11) is -0.750. The molecule has 0 aliphatic rings. The minimum absolute atomic E-state index is 0. The van der Waals surface area contributed by atoms with Crippen molar-refractivity contribution in [3.63, 3.8) is 0 Å². The van der Waals surface area contributed by atoms with E-state index < -0.39 is 7.69 Å². The Morgan fingerprint density at radius 3 is 1.25 bits per heavy atom. The molecular formula is H5BO2Pb. The van der Waals surface area contributed by atoms with E-state index in [-0.39, 0.29) is 27.3 Å². The van der Waals surface area contributed by atoms with Gasteiger partial charge in [0.15, 0.2) is 0 Å². The Hall–Kier alpha value is 0.907. The Kier molecular flexibility index (Phi) is 20.1. The van der Waals surface area contributed by atoms with Crippen LogP contribution in [0.5, 0.6) is 0 Å². The van der Waals surface area contributed by atoms with E-state index in [2.05, 4.69) is 0 Å². The molecule has 0 aromatic rings. The average Bonchev–Trinajstić information content (AvgIpc) is 0.918. The van der Waals surface area contributed by atoms with Crippen LogP contribution in [0.3, 0.4) is 0 Å². The van der Waals surface area contributed by atoms with Gasteiger partial charge in [0.1, 0.15) is 0 Å². The molecule has 0 aliphatic heterocycles. The van der Waals surface area contributed by atoms with Crippen LogP contribution in [0.2, 0.25) is 0 Å². The van der Waals surface area contributed by atoms with E-state index in [4.69, 9.17) is 10.0 Å². The summed E-state index contributed by atoms with van der Waals surface area (Å²) < 4.78 is 0. The second-order valence-corrected chi connectivity index (χ2v) is 0.141. The fraction of sp³-hybridized carbons (Fsp3) is 0. The van der Waals surface area contributed by atoms with Gasteiger partial charge in [-0.15, -0.1) is 0 Å². The molecular weight excluding hydrogens is 250 g/mol. The minimum atomic E-state index is -0.750. The van der Waals surface area contributed by atoms with Gasteiger partial charge in [0.25, 0.3) is 0 Å². The number of hydrogen-bond acceptors (Lipinski definition) is 2. The molecule has 0 spiro atoms. The van der Waals surface area contributed by atoms with Gasteiger partial charge in [0.05, 0.1) is 0 Å². The van der Waals surface area contributed by atoms with Crippen molar-refractivity contribution in [2.75, 3.05) is 0 Å². The summed E-state index contributed by atoms with van der Waals surface area (Å²) in [6.07, 6.45) is 0. The Morgan fingerprint density at radius 2 is 1.25 bits per heavy atom. The SMILES string of the molecule is OBO.[PbH2]. The quantitative estimate of drug-likeness (QED) is 0.463. The van der Waals surface area contributed by atoms with Gasteiger partial charge in [-0.3, -0.25) is 0 Å². The summed E-state index contributed by atoms with van der Waals surface area (Å²) >= 11 is 0. The molecule has 2 N–H and O–H groups in total.